The van der Waals surface area contributed by atoms with Gasteiger partial charge >= 0.3 is 0 Å². The van der Waals surface area contributed by atoms with Crippen LogP contribution in [-0.4, -0.2) is 0 Å². The Hall–Kier alpha value is -1.56. The maximum atomic E-state index is 13.5. The maximum absolute atomic E-state index is 13.5. The minimum absolute atomic E-state index is 0.0406. The molecule has 0 fully saturated rings. The van der Waals surface area contributed by atoms with Crippen molar-refractivity contribution in [2.45, 2.75) is 6.54 Å². The molecular formula is C13H8BrF4N. The second-order valence-corrected chi connectivity index (χ2v) is 4.75. The summed E-state index contributed by atoms with van der Waals surface area (Å²) in [6, 6.07) is 5.53. The summed E-state index contributed by atoms with van der Waals surface area (Å²) in [5, 5.41) is 2.52. The van der Waals surface area contributed by atoms with Crippen molar-refractivity contribution < 1.29 is 17.6 Å². The SMILES string of the molecule is Fc1cc(F)c(NCc2ccc(Br)cc2F)cc1F. The number of anilines is 1. The van der Waals surface area contributed by atoms with Crippen LogP contribution in [0, 0.1) is 23.3 Å². The molecule has 19 heavy (non-hydrogen) atoms. The van der Waals surface area contributed by atoms with Gasteiger partial charge in [-0.25, -0.2) is 17.6 Å². The van der Waals surface area contributed by atoms with Gasteiger partial charge < -0.3 is 5.32 Å². The van der Waals surface area contributed by atoms with Gasteiger partial charge in [-0.05, 0) is 12.1 Å². The van der Waals surface area contributed by atoms with Gasteiger partial charge in [0.2, 0.25) is 0 Å². The zero-order chi connectivity index (χ0) is 14.0. The first-order valence-electron chi connectivity index (χ1n) is 5.29. The lowest BCUT2D eigenvalue weighted by Gasteiger charge is -2.09. The number of benzene rings is 2. The van der Waals surface area contributed by atoms with Crippen LogP contribution in [0.25, 0.3) is 0 Å². The summed E-state index contributed by atoms with van der Waals surface area (Å²) >= 11 is 3.11. The summed E-state index contributed by atoms with van der Waals surface area (Å²) in [4.78, 5) is 0. The van der Waals surface area contributed by atoms with E-state index in [1.54, 1.807) is 6.07 Å². The zero-order valence-electron chi connectivity index (χ0n) is 9.48. The second kappa shape index (κ2) is 5.61. The van der Waals surface area contributed by atoms with E-state index in [9.17, 15) is 17.6 Å². The third-order valence-electron chi connectivity index (χ3n) is 2.49. The molecule has 0 aromatic heterocycles. The van der Waals surface area contributed by atoms with Crippen LogP contribution in [-0.2, 0) is 6.54 Å². The lowest BCUT2D eigenvalue weighted by atomic mass is 10.2. The van der Waals surface area contributed by atoms with Crippen molar-refractivity contribution in [3.63, 3.8) is 0 Å². The van der Waals surface area contributed by atoms with E-state index in [2.05, 4.69) is 21.2 Å². The van der Waals surface area contributed by atoms with Crippen molar-refractivity contribution in [2.75, 3.05) is 5.32 Å². The van der Waals surface area contributed by atoms with Crippen LogP contribution in [0.3, 0.4) is 0 Å². The third-order valence-corrected chi connectivity index (χ3v) is 2.99. The van der Waals surface area contributed by atoms with Gasteiger partial charge in [-0.1, -0.05) is 22.0 Å². The molecule has 100 valence electrons. The molecule has 0 aliphatic rings. The third kappa shape index (κ3) is 3.26. The van der Waals surface area contributed by atoms with Crippen LogP contribution in [0.4, 0.5) is 23.2 Å². The molecule has 1 nitrogen and oxygen atoms in total. The molecule has 2 aromatic carbocycles. The molecule has 0 heterocycles. The second-order valence-electron chi connectivity index (χ2n) is 3.84. The van der Waals surface area contributed by atoms with Crippen LogP contribution in [0.15, 0.2) is 34.8 Å². The summed E-state index contributed by atoms with van der Waals surface area (Å²) < 4.78 is 53.1. The van der Waals surface area contributed by atoms with Gasteiger partial charge in [0.15, 0.2) is 11.6 Å². The summed E-state index contributed by atoms with van der Waals surface area (Å²) in [5.74, 6) is -3.85. The van der Waals surface area contributed by atoms with Crippen LogP contribution in [0.5, 0.6) is 0 Å². The molecule has 0 amide bonds. The fourth-order valence-electron chi connectivity index (χ4n) is 1.51. The molecule has 6 heteroatoms. The monoisotopic (exact) mass is 333 g/mol. The minimum Gasteiger partial charge on any atom is -0.378 e. The van der Waals surface area contributed by atoms with Gasteiger partial charge in [-0.2, -0.15) is 0 Å². The van der Waals surface area contributed by atoms with Gasteiger partial charge in [-0.15, -0.1) is 0 Å². The van der Waals surface area contributed by atoms with E-state index in [1.807, 2.05) is 0 Å². The highest BCUT2D eigenvalue weighted by Crippen LogP contribution is 2.20. The molecule has 2 aromatic rings. The summed E-state index contributed by atoms with van der Waals surface area (Å²) in [5.41, 5.74) is 0.0635. The molecule has 0 bridgehead atoms. The van der Waals surface area contributed by atoms with E-state index in [-0.39, 0.29) is 17.8 Å². The van der Waals surface area contributed by atoms with E-state index in [1.165, 1.54) is 12.1 Å². The predicted octanol–water partition coefficient (Wildman–Crippen LogP) is 4.62. The fourth-order valence-corrected chi connectivity index (χ4v) is 1.85. The van der Waals surface area contributed by atoms with Gasteiger partial charge in [0.05, 0.1) is 5.69 Å². The zero-order valence-corrected chi connectivity index (χ0v) is 11.1. The highest BCUT2D eigenvalue weighted by Gasteiger charge is 2.10. The standard InChI is InChI=1S/C13H8BrF4N/c14-8-2-1-7(9(15)3-8)6-19-13-5-11(17)10(16)4-12(13)18/h1-5,19H,6H2. The Balaban J connectivity index is 2.16. The lowest BCUT2D eigenvalue weighted by molar-refractivity contribution is 0.496. The summed E-state index contributed by atoms with van der Waals surface area (Å²) in [6.07, 6.45) is 0. The Kier molecular flexibility index (Phi) is 4.09. The largest absolute Gasteiger partial charge is 0.378 e. The van der Waals surface area contributed by atoms with Crippen molar-refractivity contribution in [1.29, 1.82) is 0 Å². The summed E-state index contributed by atoms with van der Waals surface area (Å²) in [7, 11) is 0. The lowest BCUT2D eigenvalue weighted by Crippen LogP contribution is -2.04. The van der Waals surface area contributed by atoms with E-state index in [0.29, 0.717) is 16.6 Å². The minimum atomic E-state index is -1.27. The van der Waals surface area contributed by atoms with Crippen LogP contribution >= 0.6 is 15.9 Å². The van der Waals surface area contributed by atoms with Crippen molar-refractivity contribution >= 4 is 21.6 Å². The van der Waals surface area contributed by atoms with Crippen LogP contribution in [0.1, 0.15) is 5.56 Å². The Labute approximate surface area is 115 Å². The van der Waals surface area contributed by atoms with Crippen LogP contribution in [0.2, 0.25) is 0 Å². The fraction of sp³-hybridized carbons (Fsp3) is 0.0769. The number of hydrogen-bond donors (Lipinski definition) is 1. The van der Waals surface area contributed by atoms with Gasteiger partial charge in [0, 0.05) is 28.7 Å². The quantitative estimate of drug-likeness (QED) is 0.638. The molecule has 0 radical (unpaired) electrons. The molecule has 1 N–H and O–H groups in total. The highest BCUT2D eigenvalue weighted by atomic mass is 79.9. The number of halogens is 5. The van der Waals surface area contributed by atoms with Crippen molar-refractivity contribution in [1.82, 2.24) is 0 Å². The van der Waals surface area contributed by atoms with Crippen molar-refractivity contribution in [3.05, 3.63) is 63.6 Å². The Morgan fingerprint density at radius 2 is 1.53 bits per heavy atom. The van der Waals surface area contributed by atoms with E-state index in [4.69, 9.17) is 0 Å². The number of hydrogen-bond acceptors (Lipinski definition) is 1. The molecule has 0 unspecified atom stereocenters. The normalized spacial score (nSPS) is 10.6. The molecule has 0 saturated carbocycles. The van der Waals surface area contributed by atoms with Crippen molar-refractivity contribution in [3.8, 4) is 0 Å². The first-order valence-corrected chi connectivity index (χ1v) is 6.09. The first kappa shape index (κ1) is 13.9. The topological polar surface area (TPSA) is 12.0 Å². The molecule has 0 spiro atoms. The van der Waals surface area contributed by atoms with E-state index < -0.39 is 23.3 Å². The first-order chi connectivity index (χ1) is 8.97. The molecular weight excluding hydrogens is 326 g/mol. The molecule has 0 saturated heterocycles. The smallest absolute Gasteiger partial charge is 0.161 e. The number of rotatable bonds is 3. The predicted molar refractivity (Wildman–Crippen MR) is 67.7 cm³/mol. The van der Waals surface area contributed by atoms with Crippen molar-refractivity contribution in [2.24, 2.45) is 0 Å². The maximum Gasteiger partial charge on any atom is 0.161 e. The van der Waals surface area contributed by atoms with Crippen LogP contribution < -0.4 is 5.32 Å². The highest BCUT2D eigenvalue weighted by molar-refractivity contribution is 9.10. The van der Waals surface area contributed by atoms with E-state index in [0.717, 1.165) is 0 Å². The Morgan fingerprint density at radius 3 is 2.21 bits per heavy atom. The average Bonchev–Trinajstić information content (AvgIpc) is 2.34. The molecule has 2 rings (SSSR count). The van der Waals surface area contributed by atoms with E-state index >= 15 is 0 Å². The Bertz CT molecular complexity index is 616. The Morgan fingerprint density at radius 1 is 0.842 bits per heavy atom. The summed E-state index contributed by atoms with van der Waals surface area (Å²) in [6.45, 7) is -0.0406. The van der Waals surface area contributed by atoms with Gasteiger partial charge in [-0.3, -0.25) is 0 Å². The number of nitrogens with one attached hydrogen (secondary N) is 1. The molecule has 0 aliphatic carbocycles. The molecule has 0 aliphatic heterocycles. The molecule has 0 atom stereocenters. The van der Waals surface area contributed by atoms with Gasteiger partial charge in [0.25, 0.3) is 0 Å². The van der Waals surface area contributed by atoms with Gasteiger partial charge in [0.1, 0.15) is 11.6 Å². The average molecular weight is 334 g/mol.